The van der Waals surface area contributed by atoms with Crippen molar-refractivity contribution in [2.24, 2.45) is 23.7 Å². The minimum atomic E-state index is -0.453. The molecule has 1 N–H and O–H groups in total. The Labute approximate surface area is 145 Å². The number of rotatable bonds is 4. The molecule has 6 heteroatoms. The van der Waals surface area contributed by atoms with E-state index < -0.39 is 11.9 Å². The first-order chi connectivity index (χ1) is 11.9. The number of ether oxygens (including phenoxy) is 2. The van der Waals surface area contributed by atoms with Crippen molar-refractivity contribution < 1.29 is 23.9 Å². The molecule has 0 aromatic heterocycles. The molecule has 0 spiro atoms. The Morgan fingerprint density at radius 2 is 1.92 bits per heavy atom. The van der Waals surface area contributed by atoms with E-state index in [1.165, 1.54) is 0 Å². The number of amides is 1. The van der Waals surface area contributed by atoms with Crippen LogP contribution in [0.25, 0.3) is 0 Å². The zero-order valence-corrected chi connectivity index (χ0v) is 14.3. The molecule has 5 atom stereocenters. The Hall–Kier alpha value is -2.37. The summed E-state index contributed by atoms with van der Waals surface area (Å²) in [6, 6.07) is 5.73. The van der Waals surface area contributed by atoms with Gasteiger partial charge in [0.25, 0.3) is 5.91 Å². The third kappa shape index (κ3) is 2.79. The van der Waals surface area contributed by atoms with Crippen molar-refractivity contribution >= 4 is 23.5 Å². The number of hydrogen-bond acceptors (Lipinski definition) is 5. The fourth-order valence-electron chi connectivity index (χ4n) is 4.80. The minimum absolute atomic E-state index is 0.0144. The van der Waals surface area contributed by atoms with Gasteiger partial charge in [-0.2, -0.15) is 0 Å². The number of benzene rings is 1. The molecule has 2 saturated carbocycles. The van der Waals surface area contributed by atoms with Crippen LogP contribution in [0.5, 0.6) is 0 Å². The third-order valence-corrected chi connectivity index (χ3v) is 5.61. The third-order valence-electron chi connectivity index (χ3n) is 5.61. The van der Waals surface area contributed by atoms with Crippen LogP contribution in [0.3, 0.4) is 0 Å². The van der Waals surface area contributed by atoms with Crippen molar-refractivity contribution in [3.63, 3.8) is 0 Å². The molecule has 25 heavy (non-hydrogen) atoms. The summed E-state index contributed by atoms with van der Waals surface area (Å²) in [5.74, 6) is -1.65. The maximum absolute atomic E-state index is 12.4. The van der Waals surface area contributed by atoms with Crippen LogP contribution in [-0.4, -0.2) is 30.6 Å². The van der Waals surface area contributed by atoms with E-state index in [-0.39, 0.29) is 42.3 Å². The molecule has 1 aromatic carbocycles. The number of fused-ring (bicyclic) bond motifs is 1. The van der Waals surface area contributed by atoms with Gasteiger partial charge < -0.3 is 14.8 Å². The topological polar surface area (TPSA) is 81.7 Å². The zero-order valence-electron chi connectivity index (χ0n) is 14.3. The smallest absolute Gasteiger partial charge is 0.310 e. The molecule has 1 amide bonds. The van der Waals surface area contributed by atoms with Gasteiger partial charge in [0.2, 0.25) is 0 Å². The van der Waals surface area contributed by atoms with E-state index in [4.69, 9.17) is 9.47 Å². The lowest BCUT2D eigenvalue weighted by Crippen LogP contribution is -2.34. The quantitative estimate of drug-likeness (QED) is 0.846. The number of esters is 2. The predicted octanol–water partition coefficient (Wildman–Crippen LogP) is 1.98. The van der Waals surface area contributed by atoms with Crippen molar-refractivity contribution in [1.29, 1.82) is 0 Å². The van der Waals surface area contributed by atoms with Crippen LogP contribution in [0.15, 0.2) is 18.2 Å². The summed E-state index contributed by atoms with van der Waals surface area (Å²) in [4.78, 5) is 36.4. The van der Waals surface area contributed by atoms with E-state index in [0.29, 0.717) is 5.69 Å². The maximum atomic E-state index is 12.4. The van der Waals surface area contributed by atoms with Crippen molar-refractivity contribution in [3.8, 4) is 0 Å². The lowest BCUT2D eigenvalue weighted by molar-refractivity contribution is -0.157. The zero-order chi connectivity index (χ0) is 17.7. The highest BCUT2D eigenvalue weighted by Crippen LogP contribution is 2.57. The first kappa shape index (κ1) is 16.1. The van der Waals surface area contributed by atoms with Gasteiger partial charge in [-0.1, -0.05) is 6.07 Å². The van der Waals surface area contributed by atoms with Gasteiger partial charge in [0.1, 0.15) is 6.10 Å². The Morgan fingerprint density at radius 3 is 2.64 bits per heavy atom. The molecule has 132 valence electrons. The van der Waals surface area contributed by atoms with Gasteiger partial charge in [-0.05, 0) is 55.9 Å². The second kappa shape index (κ2) is 5.86. The molecule has 1 aliphatic heterocycles. The first-order valence-electron chi connectivity index (χ1n) is 8.67. The van der Waals surface area contributed by atoms with Gasteiger partial charge in [-0.15, -0.1) is 0 Å². The molecule has 6 nitrogen and oxygen atoms in total. The minimum Gasteiger partial charge on any atom is -0.462 e. The molecule has 1 heterocycles. The number of anilines is 1. The summed E-state index contributed by atoms with van der Waals surface area (Å²) < 4.78 is 10.5. The van der Waals surface area contributed by atoms with E-state index in [1.807, 2.05) is 32.0 Å². The lowest BCUT2D eigenvalue weighted by Gasteiger charge is -2.22. The van der Waals surface area contributed by atoms with Crippen LogP contribution in [0.1, 0.15) is 24.0 Å². The van der Waals surface area contributed by atoms with E-state index in [0.717, 1.165) is 24.0 Å². The van der Waals surface area contributed by atoms with Gasteiger partial charge in [0.05, 0.1) is 11.8 Å². The number of carbonyl (C=O) groups excluding carboxylic acids is 3. The fourth-order valence-corrected chi connectivity index (χ4v) is 4.80. The average molecular weight is 343 g/mol. The summed E-state index contributed by atoms with van der Waals surface area (Å²) >= 11 is 0. The second-order valence-corrected chi connectivity index (χ2v) is 7.45. The van der Waals surface area contributed by atoms with Crippen LogP contribution in [0, 0.1) is 37.5 Å². The van der Waals surface area contributed by atoms with Crippen molar-refractivity contribution in [2.75, 3.05) is 11.9 Å². The molecule has 3 aliphatic rings. The molecule has 0 unspecified atom stereocenters. The molecule has 2 bridgehead atoms. The summed E-state index contributed by atoms with van der Waals surface area (Å²) in [6.07, 6.45) is 1.57. The number of carbonyl (C=O) groups is 3. The van der Waals surface area contributed by atoms with Gasteiger partial charge >= 0.3 is 11.9 Å². The van der Waals surface area contributed by atoms with E-state index in [2.05, 4.69) is 5.32 Å². The monoisotopic (exact) mass is 343 g/mol. The highest BCUT2D eigenvalue weighted by atomic mass is 16.6. The maximum Gasteiger partial charge on any atom is 0.310 e. The van der Waals surface area contributed by atoms with Crippen LogP contribution >= 0.6 is 0 Å². The number of aryl methyl sites for hydroxylation is 2. The molecular formula is C19H21NO5. The Morgan fingerprint density at radius 1 is 1.20 bits per heavy atom. The second-order valence-electron chi connectivity index (χ2n) is 7.45. The van der Waals surface area contributed by atoms with Gasteiger partial charge in [0.15, 0.2) is 6.61 Å². The van der Waals surface area contributed by atoms with Gasteiger partial charge in [-0.25, -0.2) is 0 Å². The van der Waals surface area contributed by atoms with Crippen molar-refractivity contribution in [2.45, 2.75) is 32.8 Å². The standard InChI is InChI=1S/C19H21NO5/c1-9-3-10(2)5-12(4-9)20-15(21)8-24-18(22)16-11-6-13-14(7-11)25-19(23)17(13)16/h3-5,11,13-14,16-17H,6-8H2,1-2H3,(H,20,21)/t11-,13-,14-,16-,17+/m1/s1. The van der Waals surface area contributed by atoms with Crippen LogP contribution < -0.4 is 5.32 Å². The summed E-state index contributed by atoms with van der Waals surface area (Å²) in [5, 5.41) is 2.74. The van der Waals surface area contributed by atoms with E-state index in [9.17, 15) is 14.4 Å². The molecule has 2 aliphatic carbocycles. The van der Waals surface area contributed by atoms with Gasteiger partial charge in [0, 0.05) is 11.6 Å². The van der Waals surface area contributed by atoms with E-state index in [1.54, 1.807) is 0 Å². The van der Waals surface area contributed by atoms with Crippen molar-refractivity contribution in [3.05, 3.63) is 29.3 Å². The highest BCUT2D eigenvalue weighted by molar-refractivity contribution is 5.93. The molecular weight excluding hydrogens is 322 g/mol. The lowest BCUT2D eigenvalue weighted by atomic mass is 9.80. The summed E-state index contributed by atoms with van der Waals surface area (Å²) in [6.45, 7) is 3.56. The Balaban J connectivity index is 1.34. The summed E-state index contributed by atoms with van der Waals surface area (Å²) in [7, 11) is 0. The Bertz CT molecular complexity index is 736. The normalized spacial score (nSPS) is 31.8. The number of nitrogens with one attached hydrogen (secondary N) is 1. The SMILES string of the molecule is Cc1cc(C)cc(NC(=O)COC(=O)[C@@H]2[C@@H]3C[C@H]4[C@@H]2C(=O)O[C@@H]4C3)c1. The van der Waals surface area contributed by atoms with E-state index >= 15 is 0 Å². The fraction of sp³-hybridized carbons (Fsp3) is 0.526. The summed E-state index contributed by atoms with van der Waals surface area (Å²) in [5.41, 5.74) is 2.77. The molecule has 1 saturated heterocycles. The van der Waals surface area contributed by atoms with Crippen LogP contribution in [0.4, 0.5) is 5.69 Å². The largest absolute Gasteiger partial charge is 0.462 e. The van der Waals surface area contributed by atoms with Gasteiger partial charge in [-0.3, -0.25) is 14.4 Å². The van der Waals surface area contributed by atoms with Crippen LogP contribution in [-0.2, 0) is 23.9 Å². The van der Waals surface area contributed by atoms with Crippen molar-refractivity contribution in [1.82, 2.24) is 0 Å². The highest BCUT2D eigenvalue weighted by Gasteiger charge is 2.64. The first-order valence-corrected chi connectivity index (χ1v) is 8.67. The predicted molar refractivity (Wildman–Crippen MR) is 88.6 cm³/mol. The Kier molecular flexibility index (Phi) is 3.78. The van der Waals surface area contributed by atoms with Crippen LogP contribution in [0.2, 0.25) is 0 Å². The molecule has 1 aromatic rings. The molecule has 0 radical (unpaired) electrons. The average Bonchev–Trinajstić information content (AvgIpc) is 3.13. The number of hydrogen-bond donors (Lipinski definition) is 1. The molecule has 4 rings (SSSR count). The molecule has 3 fully saturated rings.